The van der Waals surface area contributed by atoms with Gasteiger partial charge in [0.2, 0.25) is 0 Å². The van der Waals surface area contributed by atoms with Crippen LogP contribution < -0.4 is 5.32 Å². The van der Waals surface area contributed by atoms with Crippen molar-refractivity contribution in [1.29, 1.82) is 0 Å². The van der Waals surface area contributed by atoms with Gasteiger partial charge in [0.25, 0.3) is 0 Å². The Morgan fingerprint density at radius 1 is 1.24 bits per heavy atom. The van der Waals surface area contributed by atoms with Crippen LogP contribution in [0.4, 0.5) is 4.39 Å². The maximum absolute atomic E-state index is 13.5. The van der Waals surface area contributed by atoms with Gasteiger partial charge in [-0.2, -0.15) is 0 Å². The van der Waals surface area contributed by atoms with E-state index in [1.807, 2.05) is 18.4 Å². The van der Waals surface area contributed by atoms with Gasteiger partial charge in [0.1, 0.15) is 5.82 Å². The molecule has 1 aliphatic heterocycles. The summed E-state index contributed by atoms with van der Waals surface area (Å²) in [5.74, 6) is -1.22. The normalized spacial score (nSPS) is 21.7. The van der Waals surface area contributed by atoms with Gasteiger partial charge in [-0.15, -0.1) is 11.3 Å². The van der Waals surface area contributed by atoms with Crippen molar-refractivity contribution in [3.8, 4) is 0 Å². The summed E-state index contributed by atoms with van der Waals surface area (Å²) in [6.45, 7) is 3.82. The SMILES string of the molecule is CCOC(=O)C1=C(C)NC2=C(C(=O)C[C@H](c3cccs3)C2)[C@@H]1c1ccc(F)cc1. The first kappa shape index (κ1) is 19.6. The van der Waals surface area contributed by atoms with E-state index in [1.165, 1.54) is 17.0 Å². The van der Waals surface area contributed by atoms with Crippen molar-refractivity contribution in [3.05, 3.63) is 80.6 Å². The third-order valence-electron chi connectivity index (χ3n) is 5.47. The molecule has 29 heavy (non-hydrogen) atoms. The molecule has 1 aromatic carbocycles. The van der Waals surface area contributed by atoms with Gasteiger partial charge in [0.05, 0.1) is 12.2 Å². The molecule has 1 N–H and O–H groups in total. The molecule has 0 saturated heterocycles. The van der Waals surface area contributed by atoms with Crippen LogP contribution in [0.25, 0.3) is 0 Å². The molecule has 4 nitrogen and oxygen atoms in total. The fraction of sp³-hybridized carbons (Fsp3) is 0.304. The first-order chi connectivity index (χ1) is 14.0. The van der Waals surface area contributed by atoms with Crippen molar-refractivity contribution in [2.45, 2.75) is 38.5 Å². The Hall–Kier alpha value is -2.73. The summed E-state index contributed by atoms with van der Waals surface area (Å²) in [6, 6.07) is 10.0. The van der Waals surface area contributed by atoms with Crippen LogP contribution in [0, 0.1) is 5.82 Å². The molecule has 2 atom stereocenters. The number of Topliss-reactive ketones (excluding diaryl/α,β-unsaturated/α-hetero) is 1. The van der Waals surface area contributed by atoms with Crippen molar-refractivity contribution in [1.82, 2.24) is 5.32 Å². The van der Waals surface area contributed by atoms with E-state index in [-0.39, 0.29) is 24.1 Å². The van der Waals surface area contributed by atoms with Crippen molar-refractivity contribution >= 4 is 23.1 Å². The number of thiophene rings is 1. The van der Waals surface area contributed by atoms with Crippen molar-refractivity contribution < 1.29 is 18.7 Å². The number of carbonyl (C=O) groups is 2. The van der Waals surface area contributed by atoms with Gasteiger partial charge in [0, 0.05) is 40.1 Å². The fourth-order valence-electron chi connectivity index (χ4n) is 4.23. The second-order valence-electron chi connectivity index (χ2n) is 7.30. The van der Waals surface area contributed by atoms with Crippen LogP contribution in [0.15, 0.2) is 64.3 Å². The van der Waals surface area contributed by atoms with Crippen LogP contribution in [0.5, 0.6) is 0 Å². The zero-order valence-corrected chi connectivity index (χ0v) is 17.1. The molecular formula is C23H22FNO3S. The molecule has 0 unspecified atom stereocenters. The van der Waals surface area contributed by atoms with E-state index >= 15 is 0 Å². The molecule has 1 aliphatic carbocycles. The van der Waals surface area contributed by atoms with Crippen LogP contribution >= 0.6 is 11.3 Å². The lowest BCUT2D eigenvalue weighted by Gasteiger charge is -2.36. The van der Waals surface area contributed by atoms with Crippen LogP contribution in [-0.4, -0.2) is 18.4 Å². The van der Waals surface area contributed by atoms with Gasteiger partial charge in [0.15, 0.2) is 5.78 Å². The van der Waals surface area contributed by atoms with E-state index in [0.29, 0.717) is 35.2 Å². The van der Waals surface area contributed by atoms with E-state index in [9.17, 15) is 14.0 Å². The maximum atomic E-state index is 13.5. The molecule has 0 fully saturated rings. The lowest BCUT2D eigenvalue weighted by molar-refractivity contribution is -0.138. The van der Waals surface area contributed by atoms with Crippen LogP contribution in [0.2, 0.25) is 0 Å². The Kier molecular flexibility index (Phi) is 5.37. The number of rotatable bonds is 4. The summed E-state index contributed by atoms with van der Waals surface area (Å²) in [6.07, 6.45) is 1.10. The number of ketones is 1. The topological polar surface area (TPSA) is 55.4 Å². The van der Waals surface area contributed by atoms with Gasteiger partial charge in [-0.1, -0.05) is 18.2 Å². The van der Waals surface area contributed by atoms with Gasteiger partial charge in [-0.05, 0) is 49.4 Å². The largest absolute Gasteiger partial charge is 0.463 e. The molecule has 0 saturated carbocycles. The number of dihydropyridines is 1. The summed E-state index contributed by atoms with van der Waals surface area (Å²) in [5.41, 5.74) is 3.25. The number of nitrogens with one attached hydrogen (secondary N) is 1. The Morgan fingerprint density at radius 3 is 2.66 bits per heavy atom. The second kappa shape index (κ2) is 7.95. The molecule has 2 heterocycles. The van der Waals surface area contributed by atoms with E-state index in [2.05, 4.69) is 11.4 Å². The van der Waals surface area contributed by atoms with E-state index in [0.717, 1.165) is 5.70 Å². The monoisotopic (exact) mass is 411 g/mol. The van der Waals surface area contributed by atoms with Crippen LogP contribution in [0.3, 0.4) is 0 Å². The van der Waals surface area contributed by atoms with Crippen molar-refractivity contribution in [3.63, 3.8) is 0 Å². The summed E-state index contributed by atoms with van der Waals surface area (Å²) in [5, 5.41) is 5.33. The summed E-state index contributed by atoms with van der Waals surface area (Å²) in [7, 11) is 0. The standard InChI is InChI=1S/C23H22FNO3S/c1-3-28-23(27)20-13(2)25-17-11-15(19-5-4-10-29-19)12-18(26)22(17)21(20)14-6-8-16(24)9-7-14/h4-10,15,21,25H,3,11-12H2,1-2H3/t15-,21-/m1/s1. The van der Waals surface area contributed by atoms with Gasteiger partial charge in [-0.25, -0.2) is 9.18 Å². The number of hydrogen-bond acceptors (Lipinski definition) is 5. The average Bonchev–Trinajstić information content (AvgIpc) is 3.22. The van der Waals surface area contributed by atoms with Gasteiger partial charge < -0.3 is 10.1 Å². The highest BCUT2D eigenvalue weighted by Gasteiger charge is 2.41. The lowest BCUT2D eigenvalue weighted by Crippen LogP contribution is -2.36. The maximum Gasteiger partial charge on any atom is 0.336 e. The van der Waals surface area contributed by atoms with Crippen LogP contribution in [-0.2, 0) is 14.3 Å². The third kappa shape index (κ3) is 3.65. The molecule has 2 aliphatic rings. The molecule has 0 bridgehead atoms. The number of hydrogen-bond donors (Lipinski definition) is 1. The van der Waals surface area contributed by atoms with Gasteiger partial charge in [-0.3, -0.25) is 4.79 Å². The number of halogens is 1. The molecule has 6 heteroatoms. The minimum atomic E-state index is -0.553. The highest BCUT2D eigenvalue weighted by molar-refractivity contribution is 7.10. The van der Waals surface area contributed by atoms with Gasteiger partial charge >= 0.3 is 5.97 Å². The Labute approximate surface area is 173 Å². The smallest absolute Gasteiger partial charge is 0.336 e. The predicted octanol–water partition coefficient (Wildman–Crippen LogP) is 4.81. The molecule has 0 radical (unpaired) electrons. The Bertz CT molecular complexity index is 1010. The highest BCUT2D eigenvalue weighted by Crippen LogP contribution is 2.46. The highest BCUT2D eigenvalue weighted by atomic mass is 32.1. The summed E-state index contributed by atoms with van der Waals surface area (Å²) >= 11 is 1.65. The molecule has 0 spiro atoms. The van der Waals surface area contributed by atoms with E-state index < -0.39 is 11.9 Å². The molecule has 150 valence electrons. The lowest BCUT2D eigenvalue weighted by atomic mass is 9.72. The zero-order chi connectivity index (χ0) is 20.5. The number of esters is 1. The predicted molar refractivity (Wildman–Crippen MR) is 110 cm³/mol. The molecule has 4 rings (SSSR count). The summed E-state index contributed by atoms with van der Waals surface area (Å²) in [4.78, 5) is 27.2. The molecule has 0 amide bonds. The molecule has 1 aromatic heterocycles. The first-order valence-electron chi connectivity index (χ1n) is 9.69. The molecule has 2 aromatic rings. The third-order valence-corrected chi connectivity index (χ3v) is 6.51. The zero-order valence-electron chi connectivity index (χ0n) is 16.3. The van der Waals surface area contributed by atoms with E-state index in [4.69, 9.17) is 4.74 Å². The molecular weight excluding hydrogens is 389 g/mol. The minimum Gasteiger partial charge on any atom is -0.463 e. The second-order valence-corrected chi connectivity index (χ2v) is 8.28. The quantitative estimate of drug-likeness (QED) is 0.734. The number of benzene rings is 1. The number of allylic oxidation sites excluding steroid dienone is 3. The Balaban J connectivity index is 1.81. The minimum absolute atomic E-state index is 0.0146. The van der Waals surface area contributed by atoms with E-state index in [1.54, 1.807) is 30.4 Å². The van der Waals surface area contributed by atoms with Crippen LogP contribution in [0.1, 0.15) is 49.0 Å². The first-order valence-corrected chi connectivity index (χ1v) is 10.6. The van der Waals surface area contributed by atoms with Crippen molar-refractivity contribution in [2.24, 2.45) is 0 Å². The Morgan fingerprint density at radius 2 is 2.00 bits per heavy atom. The van der Waals surface area contributed by atoms with Crippen molar-refractivity contribution in [2.75, 3.05) is 6.61 Å². The fourth-order valence-corrected chi connectivity index (χ4v) is 5.06. The number of carbonyl (C=O) groups excluding carboxylic acids is 2. The average molecular weight is 411 g/mol. The number of ether oxygens (including phenoxy) is 1. The summed E-state index contributed by atoms with van der Waals surface area (Å²) < 4.78 is 18.8.